The predicted octanol–water partition coefficient (Wildman–Crippen LogP) is 3.21. The Hall–Kier alpha value is -1.82. The second kappa shape index (κ2) is 6.12. The molecule has 3 rings (SSSR count). The maximum absolute atomic E-state index is 5.70. The van der Waals surface area contributed by atoms with Crippen molar-refractivity contribution in [3.63, 3.8) is 0 Å². The van der Waals surface area contributed by atoms with Crippen molar-refractivity contribution in [1.29, 1.82) is 0 Å². The molecule has 0 spiro atoms. The van der Waals surface area contributed by atoms with Crippen LogP contribution in [0.15, 0.2) is 27.2 Å². The van der Waals surface area contributed by atoms with Crippen LogP contribution in [0.25, 0.3) is 0 Å². The highest BCUT2D eigenvalue weighted by molar-refractivity contribution is 5.20. The van der Waals surface area contributed by atoms with E-state index in [9.17, 15) is 0 Å². The fourth-order valence-electron chi connectivity index (χ4n) is 2.73. The Balaban J connectivity index is 1.67. The van der Waals surface area contributed by atoms with Crippen molar-refractivity contribution in [3.05, 3.63) is 30.0 Å². The van der Waals surface area contributed by atoms with Gasteiger partial charge in [0.05, 0.1) is 12.3 Å². The number of rotatable bonds is 5. The summed E-state index contributed by atoms with van der Waals surface area (Å²) in [6.07, 6.45) is 4.21. The van der Waals surface area contributed by atoms with Gasteiger partial charge in [0.25, 0.3) is 0 Å². The second-order valence-corrected chi connectivity index (χ2v) is 6.82. The first-order chi connectivity index (χ1) is 10.5. The van der Waals surface area contributed by atoms with Gasteiger partial charge in [-0.15, -0.1) is 5.10 Å². The van der Waals surface area contributed by atoms with Gasteiger partial charge in [-0.1, -0.05) is 25.9 Å². The van der Waals surface area contributed by atoms with Crippen LogP contribution in [0.1, 0.15) is 51.3 Å². The molecule has 0 aliphatic carbocycles. The molecule has 6 heteroatoms. The van der Waals surface area contributed by atoms with Gasteiger partial charge in [0.15, 0.2) is 0 Å². The van der Waals surface area contributed by atoms with Crippen LogP contribution < -0.4 is 5.32 Å². The van der Waals surface area contributed by atoms with E-state index in [1.807, 2.05) is 12.1 Å². The minimum atomic E-state index is -0.137. The molecule has 2 aromatic heterocycles. The molecule has 0 aromatic carbocycles. The number of hydrogen-bond donors (Lipinski definition) is 1. The third kappa shape index (κ3) is 3.32. The molecule has 1 aliphatic heterocycles. The SMILES string of the molecule is CC(C)(C)c1nnc(NCC(c2ccco2)N2CCCC2)o1. The highest BCUT2D eigenvalue weighted by Gasteiger charge is 2.26. The molecule has 3 heterocycles. The summed E-state index contributed by atoms with van der Waals surface area (Å²) in [5, 5.41) is 11.5. The first-order valence-corrected chi connectivity index (χ1v) is 7.89. The topological polar surface area (TPSA) is 67.3 Å². The Labute approximate surface area is 130 Å². The van der Waals surface area contributed by atoms with Crippen molar-refractivity contribution < 1.29 is 8.83 Å². The van der Waals surface area contributed by atoms with Crippen LogP contribution in [0, 0.1) is 0 Å². The van der Waals surface area contributed by atoms with E-state index in [1.165, 1.54) is 12.8 Å². The van der Waals surface area contributed by atoms with Gasteiger partial charge in [-0.3, -0.25) is 4.90 Å². The first kappa shape index (κ1) is 15.1. The van der Waals surface area contributed by atoms with Crippen molar-refractivity contribution in [3.8, 4) is 0 Å². The smallest absolute Gasteiger partial charge is 0.315 e. The standard InChI is InChI=1S/C16H24N4O2/c1-16(2,3)14-18-19-15(22-14)17-11-12(13-7-6-10-21-13)20-8-4-5-9-20/h6-7,10,12H,4-5,8-9,11H2,1-3H3,(H,17,19). The third-order valence-corrected chi connectivity index (χ3v) is 3.97. The van der Waals surface area contributed by atoms with Crippen LogP contribution >= 0.6 is 0 Å². The zero-order valence-corrected chi connectivity index (χ0v) is 13.5. The molecule has 1 N–H and O–H groups in total. The predicted molar refractivity (Wildman–Crippen MR) is 83.7 cm³/mol. The molecule has 2 aromatic rings. The van der Waals surface area contributed by atoms with Gasteiger partial charge >= 0.3 is 6.01 Å². The molecular weight excluding hydrogens is 280 g/mol. The van der Waals surface area contributed by atoms with Crippen molar-refractivity contribution in [2.24, 2.45) is 0 Å². The van der Waals surface area contributed by atoms with E-state index in [1.54, 1.807) is 6.26 Å². The van der Waals surface area contributed by atoms with Gasteiger partial charge in [-0.05, 0) is 38.1 Å². The lowest BCUT2D eigenvalue weighted by Crippen LogP contribution is -2.30. The quantitative estimate of drug-likeness (QED) is 0.915. The van der Waals surface area contributed by atoms with Crippen molar-refractivity contribution in [1.82, 2.24) is 15.1 Å². The van der Waals surface area contributed by atoms with Gasteiger partial charge in [-0.25, -0.2) is 0 Å². The van der Waals surface area contributed by atoms with Crippen LogP contribution in [-0.2, 0) is 5.41 Å². The number of aromatic nitrogens is 2. The molecule has 0 amide bonds. The molecule has 0 radical (unpaired) electrons. The summed E-state index contributed by atoms with van der Waals surface area (Å²) in [7, 11) is 0. The summed E-state index contributed by atoms with van der Waals surface area (Å²) in [6, 6.07) is 4.63. The zero-order chi connectivity index (χ0) is 15.6. The Bertz CT molecular complexity index is 580. The van der Waals surface area contributed by atoms with E-state index in [2.05, 4.69) is 41.2 Å². The van der Waals surface area contributed by atoms with Crippen LogP contribution in [0.5, 0.6) is 0 Å². The minimum Gasteiger partial charge on any atom is -0.468 e. The lowest BCUT2D eigenvalue weighted by molar-refractivity contribution is 0.224. The summed E-state index contributed by atoms with van der Waals surface area (Å²) < 4.78 is 11.3. The molecule has 1 fully saturated rings. The maximum Gasteiger partial charge on any atom is 0.315 e. The number of furan rings is 1. The van der Waals surface area contributed by atoms with Gasteiger partial charge in [-0.2, -0.15) is 0 Å². The van der Waals surface area contributed by atoms with E-state index in [0.717, 1.165) is 18.8 Å². The molecule has 1 aliphatic rings. The summed E-state index contributed by atoms with van der Waals surface area (Å²) in [5.41, 5.74) is -0.137. The highest BCUT2D eigenvalue weighted by atomic mass is 16.4. The van der Waals surface area contributed by atoms with E-state index < -0.39 is 0 Å². The fraction of sp³-hybridized carbons (Fsp3) is 0.625. The van der Waals surface area contributed by atoms with Crippen molar-refractivity contribution in [2.75, 3.05) is 25.0 Å². The van der Waals surface area contributed by atoms with Gasteiger partial charge in [0, 0.05) is 12.0 Å². The number of hydrogen-bond acceptors (Lipinski definition) is 6. The third-order valence-electron chi connectivity index (χ3n) is 3.97. The first-order valence-electron chi connectivity index (χ1n) is 7.89. The largest absolute Gasteiger partial charge is 0.468 e. The van der Waals surface area contributed by atoms with E-state index in [4.69, 9.17) is 8.83 Å². The molecule has 1 atom stereocenters. The highest BCUT2D eigenvalue weighted by Crippen LogP contribution is 2.27. The van der Waals surface area contributed by atoms with Crippen LogP contribution in [0.4, 0.5) is 6.01 Å². The van der Waals surface area contributed by atoms with Crippen LogP contribution in [-0.4, -0.2) is 34.7 Å². The maximum atomic E-state index is 5.70. The Morgan fingerprint density at radius 2 is 2.05 bits per heavy atom. The van der Waals surface area contributed by atoms with Gasteiger partial charge in [0.1, 0.15) is 5.76 Å². The molecule has 1 saturated heterocycles. The molecular formula is C16H24N4O2. The fourth-order valence-corrected chi connectivity index (χ4v) is 2.73. The lowest BCUT2D eigenvalue weighted by Gasteiger charge is -2.25. The molecule has 22 heavy (non-hydrogen) atoms. The number of anilines is 1. The molecule has 6 nitrogen and oxygen atoms in total. The molecule has 0 saturated carbocycles. The summed E-state index contributed by atoms with van der Waals surface area (Å²) in [4.78, 5) is 2.44. The zero-order valence-electron chi connectivity index (χ0n) is 13.5. The molecule has 0 bridgehead atoms. The van der Waals surface area contributed by atoms with E-state index in [-0.39, 0.29) is 11.5 Å². The minimum absolute atomic E-state index is 0.137. The summed E-state index contributed by atoms with van der Waals surface area (Å²) in [5.74, 6) is 1.62. The Morgan fingerprint density at radius 3 is 2.64 bits per heavy atom. The summed E-state index contributed by atoms with van der Waals surface area (Å²) in [6.45, 7) is 9.06. The normalized spacial score (nSPS) is 17.8. The number of likely N-dealkylation sites (tertiary alicyclic amines) is 1. The Kier molecular flexibility index (Phi) is 4.20. The second-order valence-electron chi connectivity index (χ2n) is 6.82. The molecule has 1 unspecified atom stereocenters. The van der Waals surface area contributed by atoms with E-state index in [0.29, 0.717) is 18.5 Å². The van der Waals surface area contributed by atoms with Gasteiger partial charge in [0.2, 0.25) is 5.89 Å². The van der Waals surface area contributed by atoms with Crippen LogP contribution in [0.3, 0.4) is 0 Å². The monoisotopic (exact) mass is 304 g/mol. The van der Waals surface area contributed by atoms with E-state index >= 15 is 0 Å². The lowest BCUT2D eigenvalue weighted by atomic mass is 9.97. The average molecular weight is 304 g/mol. The average Bonchev–Trinajstić information content (AvgIpc) is 3.22. The van der Waals surface area contributed by atoms with Crippen molar-refractivity contribution >= 4 is 6.01 Å². The Morgan fingerprint density at radius 1 is 1.27 bits per heavy atom. The number of nitrogens with one attached hydrogen (secondary N) is 1. The summed E-state index contributed by atoms with van der Waals surface area (Å²) >= 11 is 0. The van der Waals surface area contributed by atoms with Gasteiger partial charge < -0.3 is 14.2 Å². The molecule has 120 valence electrons. The van der Waals surface area contributed by atoms with Crippen molar-refractivity contribution in [2.45, 2.75) is 45.1 Å². The van der Waals surface area contributed by atoms with Crippen LogP contribution in [0.2, 0.25) is 0 Å². The number of nitrogens with zero attached hydrogens (tertiary/aromatic N) is 3.